The van der Waals surface area contributed by atoms with Crippen LogP contribution < -0.4 is 5.32 Å². The molecule has 2 aromatic rings. The summed E-state index contributed by atoms with van der Waals surface area (Å²) in [6.07, 6.45) is 2.82. The van der Waals surface area contributed by atoms with Gasteiger partial charge in [-0.2, -0.15) is 10.5 Å². The predicted molar refractivity (Wildman–Crippen MR) is 89.0 cm³/mol. The monoisotopic (exact) mass is 335 g/mol. The fourth-order valence-corrected chi connectivity index (χ4v) is 3.01. The fraction of sp³-hybridized carbons (Fsp3) is 0.333. The van der Waals surface area contributed by atoms with Crippen molar-refractivity contribution < 1.29 is 9.21 Å². The highest BCUT2D eigenvalue weighted by molar-refractivity contribution is 5.90. The highest BCUT2D eigenvalue weighted by Gasteiger charge is 2.30. The first kappa shape index (κ1) is 16.5. The van der Waals surface area contributed by atoms with Gasteiger partial charge in [-0.25, -0.2) is 4.98 Å². The number of benzene rings is 1. The lowest BCUT2D eigenvalue weighted by atomic mass is 10.1. The van der Waals surface area contributed by atoms with E-state index in [9.17, 15) is 4.79 Å². The Hall–Kier alpha value is -3.32. The Morgan fingerprint density at radius 3 is 2.92 bits per heavy atom. The molecule has 0 spiro atoms. The number of aryl methyl sites for hydroxylation is 1. The average molecular weight is 335 g/mol. The molecule has 3 rings (SSSR count). The van der Waals surface area contributed by atoms with Crippen LogP contribution in [0.25, 0.3) is 11.3 Å². The van der Waals surface area contributed by atoms with E-state index in [4.69, 9.17) is 14.9 Å². The molecule has 1 amide bonds. The SMILES string of the molecule is Cc1nc(C(=O)N[C@@H]2C[C@@H](C)N(C#N)C2)oc1-c1cccc(C#N)c1. The number of carbonyl (C=O) groups excluding carboxylic acids is 1. The molecular formula is C18H17N5O2. The van der Waals surface area contributed by atoms with Crippen LogP contribution in [0.5, 0.6) is 0 Å². The maximum absolute atomic E-state index is 12.4. The predicted octanol–water partition coefficient (Wildman–Crippen LogP) is 2.20. The van der Waals surface area contributed by atoms with E-state index in [1.54, 1.807) is 36.1 Å². The Morgan fingerprint density at radius 1 is 1.44 bits per heavy atom. The van der Waals surface area contributed by atoms with Crippen LogP contribution in [0.2, 0.25) is 0 Å². The van der Waals surface area contributed by atoms with Crippen LogP contribution in [0.15, 0.2) is 28.7 Å². The fourth-order valence-electron chi connectivity index (χ4n) is 3.01. The Balaban J connectivity index is 1.77. The van der Waals surface area contributed by atoms with Gasteiger partial charge < -0.3 is 14.6 Å². The van der Waals surface area contributed by atoms with Crippen molar-refractivity contribution in [3.63, 3.8) is 0 Å². The number of carbonyl (C=O) groups is 1. The highest BCUT2D eigenvalue weighted by Crippen LogP contribution is 2.25. The molecular weight excluding hydrogens is 318 g/mol. The summed E-state index contributed by atoms with van der Waals surface area (Å²) in [6, 6.07) is 9.02. The van der Waals surface area contributed by atoms with Gasteiger partial charge in [-0.1, -0.05) is 12.1 Å². The molecule has 0 bridgehead atoms. The van der Waals surface area contributed by atoms with Gasteiger partial charge in [0.25, 0.3) is 5.89 Å². The quantitative estimate of drug-likeness (QED) is 0.862. The van der Waals surface area contributed by atoms with E-state index < -0.39 is 5.91 Å². The zero-order valence-electron chi connectivity index (χ0n) is 14.0. The Morgan fingerprint density at radius 2 is 2.24 bits per heavy atom. The summed E-state index contributed by atoms with van der Waals surface area (Å²) in [4.78, 5) is 18.2. The number of rotatable bonds is 3. The van der Waals surface area contributed by atoms with Crippen molar-refractivity contribution in [3.8, 4) is 23.6 Å². The minimum absolute atomic E-state index is 0.0158. The zero-order chi connectivity index (χ0) is 18.0. The van der Waals surface area contributed by atoms with Crippen molar-refractivity contribution in [2.24, 2.45) is 0 Å². The number of nitriles is 2. The maximum atomic E-state index is 12.4. The van der Waals surface area contributed by atoms with Gasteiger partial charge in [0.15, 0.2) is 12.0 Å². The molecule has 7 nitrogen and oxygen atoms in total. The van der Waals surface area contributed by atoms with Gasteiger partial charge in [0.05, 0.1) is 17.3 Å². The first-order valence-corrected chi connectivity index (χ1v) is 7.97. The van der Waals surface area contributed by atoms with Crippen molar-refractivity contribution >= 4 is 5.91 Å². The van der Waals surface area contributed by atoms with Crippen molar-refractivity contribution in [2.45, 2.75) is 32.4 Å². The number of hydrogen-bond acceptors (Lipinski definition) is 6. The molecule has 2 heterocycles. The van der Waals surface area contributed by atoms with E-state index in [1.165, 1.54) is 0 Å². The van der Waals surface area contributed by atoms with Gasteiger partial charge in [0, 0.05) is 24.2 Å². The molecule has 1 aromatic heterocycles. The minimum Gasteiger partial charge on any atom is -0.432 e. The molecule has 1 saturated heterocycles. The molecule has 1 N–H and O–H groups in total. The number of nitrogens with one attached hydrogen (secondary N) is 1. The van der Waals surface area contributed by atoms with Crippen LogP contribution in [-0.4, -0.2) is 34.4 Å². The topological polar surface area (TPSA) is 106 Å². The van der Waals surface area contributed by atoms with Crippen LogP contribution in [0.3, 0.4) is 0 Å². The summed E-state index contributed by atoms with van der Waals surface area (Å²) in [5, 5.41) is 20.9. The number of hydrogen-bond donors (Lipinski definition) is 1. The lowest BCUT2D eigenvalue weighted by molar-refractivity contribution is 0.0904. The molecule has 0 saturated carbocycles. The van der Waals surface area contributed by atoms with Crippen molar-refractivity contribution in [1.29, 1.82) is 10.5 Å². The maximum Gasteiger partial charge on any atom is 0.307 e. The van der Waals surface area contributed by atoms with E-state index in [0.29, 0.717) is 35.5 Å². The van der Waals surface area contributed by atoms with Gasteiger partial charge in [0.1, 0.15) is 0 Å². The molecule has 126 valence electrons. The zero-order valence-corrected chi connectivity index (χ0v) is 14.0. The normalized spacial score (nSPS) is 19.3. The second-order valence-electron chi connectivity index (χ2n) is 6.13. The van der Waals surface area contributed by atoms with E-state index >= 15 is 0 Å². The molecule has 1 aromatic carbocycles. The summed E-state index contributed by atoms with van der Waals surface area (Å²) >= 11 is 0. The number of likely N-dealkylation sites (tertiary alicyclic amines) is 1. The third-order valence-corrected chi connectivity index (χ3v) is 4.28. The van der Waals surface area contributed by atoms with E-state index in [0.717, 1.165) is 0 Å². The highest BCUT2D eigenvalue weighted by atomic mass is 16.4. The number of amides is 1. The molecule has 2 atom stereocenters. The largest absolute Gasteiger partial charge is 0.432 e. The van der Waals surface area contributed by atoms with Crippen molar-refractivity contribution in [2.75, 3.05) is 6.54 Å². The first-order valence-electron chi connectivity index (χ1n) is 7.97. The molecule has 1 aliphatic rings. The van der Waals surface area contributed by atoms with Crippen LogP contribution in [0.1, 0.15) is 35.3 Å². The van der Waals surface area contributed by atoms with Crippen LogP contribution in [0, 0.1) is 29.7 Å². The van der Waals surface area contributed by atoms with E-state index in [2.05, 4.69) is 22.6 Å². The lowest BCUT2D eigenvalue weighted by Crippen LogP contribution is -2.36. The third-order valence-electron chi connectivity index (χ3n) is 4.28. The van der Waals surface area contributed by atoms with Gasteiger partial charge in [0.2, 0.25) is 0 Å². The van der Waals surface area contributed by atoms with Crippen LogP contribution in [0.4, 0.5) is 0 Å². The van der Waals surface area contributed by atoms with Gasteiger partial charge >= 0.3 is 5.91 Å². The van der Waals surface area contributed by atoms with Gasteiger partial charge in [-0.15, -0.1) is 0 Å². The number of aromatic nitrogens is 1. The Labute approximate surface area is 145 Å². The molecule has 1 aliphatic heterocycles. The van der Waals surface area contributed by atoms with Crippen LogP contribution >= 0.6 is 0 Å². The summed E-state index contributed by atoms with van der Waals surface area (Å²) in [7, 11) is 0. The second kappa shape index (κ2) is 6.66. The smallest absolute Gasteiger partial charge is 0.307 e. The van der Waals surface area contributed by atoms with E-state index in [-0.39, 0.29) is 18.0 Å². The standard InChI is InChI=1S/C18H17N5O2/c1-11-6-15(9-23(11)10-20)22-17(24)18-21-12(2)16(25-18)14-5-3-4-13(7-14)8-19/h3-5,7,11,15H,6,9H2,1-2H3,(H,22,24)/t11-,15-/m1/s1. The van der Waals surface area contributed by atoms with Crippen molar-refractivity contribution in [3.05, 3.63) is 41.4 Å². The number of oxazole rings is 1. The molecule has 25 heavy (non-hydrogen) atoms. The number of nitrogens with zero attached hydrogens (tertiary/aromatic N) is 4. The summed E-state index contributed by atoms with van der Waals surface area (Å²) in [6.45, 7) is 4.19. The minimum atomic E-state index is -0.400. The Kier molecular flexibility index (Phi) is 4.40. The Bertz CT molecular complexity index is 890. The summed E-state index contributed by atoms with van der Waals surface area (Å²) < 4.78 is 5.64. The molecule has 1 fully saturated rings. The van der Waals surface area contributed by atoms with Gasteiger partial charge in [-0.3, -0.25) is 4.79 Å². The molecule has 0 unspecified atom stereocenters. The first-order chi connectivity index (χ1) is 12.0. The summed E-state index contributed by atoms with van der Waals surface area (Å²) in [5.74, 6) is 0.0568. The molecule has 0 aliphatic carbocycles. The molecule has 7 heteroatoms. The summed E-state index contributed by atoms with van der Waals surface area (Å²) in [5.41, 5.74) is 1.79. The van der Waals surface area contributed by atoms with Crippen LogP contribution in [-0.2, 0) is 0 Å². The third kappa shape index (κ3) is 3.31. The van der Waals surface area contributed by atoms with E-state index in [1.807, 2.05) is 6.92 Å². The second-order valence-corrected chi connectivity index (χ2v) is 6.13. The average Bonchev–Trinajstić information content (AvgIpc) is 3.17. The lowest BCUT2D eigenvalue weighted by Gasteiger charge is -2.11. The van der Waals surface area contributed by atoms with Gasteiger partial charge in [-0.05, 0) is 32.4 Å². The van der Waals surface area contributed by atoms with Crippen molar-refractivity contribution in [1.82, 2.24) is 15.2 Å². The molecule has 0 radical (unpaired) electrons.